The maximum Gasteiger partial charge on any atom is 0.322 e. The lowest BCUT2D eigenvalue weighted by atomic mass is 10.2. The van der Waals surface area contributed by atoms with Crippen molar-refractivity contribution in [1.29, 1.82) is 0 Å². The molecule has 0 amide bonds. The molecule has 2 aromatic carbocycles. The Kier molecular flexibility index (Phi) is 5.75. The van der Waals surface area contributed by atoms with Gasteiger partial charge in [-0.15, -0.1) is 0 Å². The van der Waals surface area contributed by atoms with E-state index in [1.165, 1.54) is 17.4 Å². The van der Waals surface area contributed by atoms with Gasteiger partial charge < -0.3 is 14.6 Å². The molecule has 0 aliphatic carbocycles. The molecule has 0 aliphatic heterocycles. The van der Waals surface area contributed by atoms with E-state index in [2.05, 4.69) is 20.9 Å². The molecule has 8 nitrogen and oxygen atoms in total. The number of hydrogen-bond donors (Lipinski definition) is 1. The molecule has 0 fully saturated rings. The van der Waals surface area contributed by atoms with E-state index in [4.69, 9.17) is 14.6 Å². The number of carbonyl (C=O) groups is 2. The van der Waals surface area contributed by atoms with Crippen molar-refractivity contribution in [3.8, 4) is 11.5 Å². The summed E-state index contributed by atoms with van der Waals surface area (Å²) in [6.07, 6.45) is 0.936. The SMILES string of the molecule is CCOc1cc(C=c2sc3nc4ccccc4n3c2=O)c(Br)cc1OC(=O)CC(=O)O. The van der Waals surface area contributed by atoms with E-state index in [9.17, 15) is 14.4 Å². The van der Waals surface area contributed by atoms with E-state index in [1.54, 1.807) is 23.5 Å². The number of carboxylic acids is 1. The Morgan fingerprint density at radius 2 is 2.03 bits per heavy atom. The number of aromatic nitrogens is 2. The molecule has 158 valence electrons. The maximum atomic E-state index is 13.0. The number of hydrogen-bond acceptors (Lipinski definition) is 7. The number of thiazole rings is 1. The second-order valence-electron chi connectivity index (χ2n) is 6.43. The van der Waals surface area contributed by atoms with Crippen LogP contribution in [-0.4, -0.2) is 33.0 Å². The number of aliphatic carboxylic acids is 1. The molecule has 0 atom stereocenters. The highest BCUT2D eigenvalue weighted by Gasteiger charge is 2.17. The van der Waals surface area contributed by atoms with Gasteiger partial charge in [-0.2, -0.15) is 0 Å². The fourth-order valence-corrected chi connectivity index (χ4v) is 4.46. The number of esters is 1. The van der Waals surface area contributed by atoms with Crippen LogP contribution in [0.5, 0.6) is 11.5 Å². The first-order valence-corrected chi connectivity index (χ1v) is 10.8. The van der Waals surface area contributed by atoms with Crippen LogP contribution in [0.4, 0.5) is 0 Å². The first-order valence-electron chi connectivity index (χ1n) is 9.18. The van der Waals surface area contributed by atoms with E-state index in [0.29, 0.717) is 26.1 Å². The molecular formula is C21H15BrN2O6S. The van der Waals surface area contributed by atoms with E-state index >= 15 is 0 Å². The van der Waals surface area contributed by atoms with Crippen molar-refractivity contribution in [3.63, 3.8) is 0 Å². The smallest absolute Gasteiger partial charge is 0.322 e. The topological polar surface area (TPSA) is 107 Å². The zero-order valence-electron chi connectivity index (χ0n) is 16.1. The third-order valence-electron chi connectivity index (χ3n) is 4.31. The van der Waals surface area contributed by atoms with E-state index in [-0.39, 0.29) is 17.1 Å². The minimum atomic E-state index is -1.29. The first kappa shape index (κ1) is 21.0. The lowest BCUT2D eigenvalue weighted by Gasteiger charge is -2.12. The molecule has 4 rings (SSSR count). The lowest BCUT2D eigenvalue weighted by Crippen LogP contribution is -2.22. The summed E-state index contributed by atoms with van der Waals surface area (Å²) in [7, 11) is 0. The predicted molar refractivity (Wildman–Crippen MR) is 119 cm³/mol. The van der Waals surface area contributed by atoms with E-state index in [1.807, 2.05) is 24.3 Å². The maximum absolute atomic E-state index is 13.0. The Labute approximate surface area is 187 Å². The van der Waals surface area contributed by atoms with Gasteiger partial charge >= 0.3 is 11.9 Å². The highest BCUT2D eigenvalue weighted by atomic mass is 79.9. The minimum absolute atomic E-state index is 0.0893. The number of carbonyl (C=O) groups excluding carboxylic acids is 1. The summed E-state index contributed by atoms with van der Waals surface area (Å²) in [5, 5.41) is 8.75. The van der Waals surface area contributed by atoms with Gasteiger partial charge in [0.2, 0.25) is 0 Å². The van der Waals surface area contributed by atoms with Gasteiger partial charge in [0, 0.05) is 4.47 Å². The first-order chi connectivity index (χ1) is 14.9. The Hall–Kier alpha value is -3.24. The molecule has 1 N–H and O–H groups in total. The van der Waals surface area contributed by atoms with Gasteiger partial charge in [0.15, 0.2) is 16.5 Å². The van der Waals surface area contributed by atoms with Crippen molar-refractivity contribution < 1.29 is 24.2 Å². The van der Waals surface area contributed by atoms with Crippen LogP contribution in [0.2, 0.25) is 0 Å². The van der Waals surface area contributed by atoms with Gasteiger partial charge in [-0.3, -0.25) is 14.4 Å². The van der Waals surface area contributed by atoms with Crippen molar-refractivity contribution in [2.75, 3.05) is 6.61 Å². The summed E-state index contributed by atoms with van der Waals surface area (Å²) < 4.78 is 13.3. The van der Waals surface area contributed by atoms with E-state index < -0.39 is 18.4 Å². The van der Waals surface area contributed by atoms with Crippen molar-refractivity contribution >= 4 is 61.3 Å². The number of ether oxygens (including phenoxy) is 2. The molecule has 0 bridgehead atoms. The van der Waals surface area contributed by atoms with Crippen molar-refractivity contribution in [3.05, 3.63) is 61.3 Å². The van der Waals surface area contributed by atoms with Gasteiger partial charge in [-0.05, 0) is 42.8 Å². The molecular weight excluding hydrogens is 488 g/mol. The van der Waals surface area contributed by atoms with Crippen LogP contribution in [0.15, 0.2) is 45.7 Å². The Morgan fingerprint density at radius 3 is 2.77 bits per heavy atom. The fourth-order valence-electron chi connectivity index (χ4n) is 3.04. The summed E-state index contributed by atoms with van der Waals surface area (Å²) in [5.41, 5.74) is 1.95. The van der Waals surface area contributed by atoms with Crippen molar-refractivity contribution in [2.45, 2.75) is 13.3 Å². The number of halogens is 1. The zero-order chi connectivity index (χ0) is 22.1. The van der Waals surface area contributed by atoms with Crippen LogP contribution in [-0.2, 0) is 9.59 Å². The quantitative estimate of drug-likeness (QED) is 0.245. The van der Waals surface area contributed by atoms with Crippen molar-refractivity contribution in [1.82, 2.24) is 9.38 Å². The van der Waals surface area contributed by atoms with Crippen molar-refractivity contribution in [2.24, 2.45) is 0 Å². The Bertz CT molecular complexity index is 1440. The molecule has 0 radical (unpaired) electrons. The average molecular weight is 503 g/mol. The number of para-hydroxylation sites is 2. The summed E-state index contributed by atoms with van der Waals surface area (Å²) in [6.45, 7) is 2.07. The fraction of sp³-hybridized carbons (Fsp3) is 0.143. The molecule has 4 aromatic rings. The highest BCUT2D eigenvalue weighted by Crippen LogP contribution is 2.34. The van der Waals surface area contributed by atoms with Crippen LogP contribution in [0.1, 0.15) is 18.9 Å². The minimum Gasteiger partial charge on any atom is -0.490 e. The molecule has 10 heteroatoms. The van der Waals surface area contributed by atoms with Crippen LogP contribution in [0.3, 0.4) is 0 Å². The number of benzene rings is 2. The zero-order valence-corrected chi connectivity index (χ0v) is 18.5. The summed E-state index contributed by atoms with van der Waals surface area (Å²) >= 11 is 4.68. The molecule has 2 aromatic heterocycles. The van der Waals surface area contributed by atoms with Gasteiger partial charge in [-0.25, -0.2) is 9.38 Å². The summed E-state index contributed by atoms with van der Waals surface area (Å²) in [4.78, 5) is 40.5. The molecule has 31 heavy (non-hydrogen) atoms. The monoisotopic (exact) mass is 502 g/mol. The number of imidazole rings is 1. The van der Waals surface area contributed by atoms with Crippen LogP contribution >= 0.6 is 27.3 Å². The second-order valence-corrected chi connectivity index (χ2v) is 8.30. The number of fused-ring (bicyclic) bond motifs is 3. The normalized spacial score (nSPS) is 11.9. The number of carboxylic acid groups (broad SMARTS) is 1. The van der Waals surface area contributed by atoms with Gasteiger partial charge in [0.05, 0.1) is 22.2 Å². The molecule has 0 unspecified atom stereocenters. The predicted octanol–water partition coefficient (Wildman–Crippen LogP) is 3.00. The third-order valence-corrected chi connectivity index (χ3v) is 5.97. The second kappa shape index (κ2) is 8.48. The molecule has 0 saturated heterocycles. The molecule has 0 saturated carbocycles. The van der Waals surface area contributed by atoms with Gasteiger partial charge in [-0.1, -0.05) is 39.4 Å². The molecule has 0 spiro atoms. The van der Waals surface area contributed by atoms with Crippen LogP contribution in [0, 0.1) is 0 Å². The Balaban J connectivity index is 1.79. The number of nitrogens with zero attached hydrogens (tertiary/aromatic N) is 2. The van der Waals surface area contributed by atoms with E-state index in [0.717, 1.165) is 11.0 Å². The standard InChI is InChI=1S/C21H15BrN2O6S/c1-2-29-15-7-11(12(22)9-16(15)30-19(27)10-18(25)26)8-17-20(28)24-14-6-4-3-5-13(14)23-21(24)31-17/h3-9H,2,10H2,1H3,(H,25,26). The summed E-state index contributed by atoms with van der Waals surface area (Å²) in [6, 6.07) is 10.6. The third kappa shape index (κ3) is 4.17. The average Bonchev–Trinajstić information content (AvgIpc) is 3.21. The summed E-state index contributed by atoms with van der Waals surface area (Å²) in [5.74, 6) is -1.85. The van der Waals surface area contributed by atoms with Gasteiger partial charge in [0.25, 0.3) is 5.56 Å². The largest absolute Gasteiger partial charge is 0.490 e. The number of rotatable bonds is 6. The molecule has 2 heterocycles. The Morgan fingerprint density at radius 1 is 1.26 bits per heavy atom. The van der Waals surface area contributed by atoms with Crippen LogP contribution in [0.25, 0.3) is 22.1 Å². The highest BCUT2D eigenvalue weighted by molar-refractivity contribution is 9.10. The van der Waals surface area contributed by atoms with Crippen LogP contribution < -0.4 is 19.6 Å². The van der Waals surface area contributed by atoms with Gasteiger partial charge in [0.1, 0.15) is 6.42 Å². The molecule has 0 aliphatic rings. The lowest BCUT2D eigenvalue weighted by molar-refractivity contribution is -0.145.